The van der Waals surface area contributed by atoms with Crippen LogP contribution in [0.3, 0.4) is 0 Å². The second kappa shape index (κ2) is 8.06. The van der Waals surface area contributed by atoms with Crippen LogP contribution in [-0.2, 0) is 6.42 Å². The number of carbonyl (C=O) groups is 1. The lowest BCUT2D eigenvalue weighted by molar-refractivity contribution is 0.104. The first-order valence-corrected chi connectivity index (χ1v) is 7.57. The molecule has 0 spiro atoms. The van der Waals surface area contributed by atoms with Gasteiger partial charge in [0.05, 0.1) is 14.2 Å². The van der Waals surface area contributed by atoms with Crippen molar-refractivity contribution in [2.75, 3.05) is 14.2 Å². The Morgan fingerprint density at radius 3 is 2.32 bits per heavy atom. The Hall–Kier alpha value is -3.21. The third kappa shape index (κ3) is 4.01. The number of hydrogen-bond acceptors (Lipinski definition) is 5. The Morgan fingerprint density at radius 1 is 1.04 bits per heavy atom. The molecule has 0 unspecified atom stereocenters. The molecule has 25 heavy (non-hydrogen) atoms. The number of allylic oxidation sites excluding steroid dienone is 2. The van der Waals surface area contributed by atoms with Crippen molar-refractivity contribution in [3.05, 3.63) is 66.8 Å². The first-order valence-electron chi connectivity index (χ1n) is 7.57. The quantitative estimate of drug-likeness (QED) is 0.441. The summed E-state index contributed by atoms with van der Waals surface area (Å²) < 4.78 is 16.2. The van der Waals surface area contributed by atoms with Crippen LogP contribution in [0.15, 0.2) is 55.6 Å². The van der Waals surface area contributed by atoms with E-state index in [1.54, 1.807) is 12.1 Å². The van der Waals surface area contributed by atoms with Crippen LogP contribution in [0.2, 0.25) is 0 Å². The van der Waals surface area contributed by atoms with Gasteiger partial charge in [-0.1, -0.05) is 18.7 Å². The minimum absolute atomic E-state index is 0.0827. The lowest BCUT2D eigenvalue weighted by Crippen LogP contribution is -1.98. The number of ketones is 1. The molecular weight excluding hydrogens is 320 g/mol. The summed E-state index contributed by atoms with van der Waals surface area (Å²) >= 11 is 0. The number of methoxy groups -OCH3 is 2. The summed E-state index contributed by atoms with van der Waals surface area (Å²) in [5.41, 5.74) is 1.30. The highest BCUT2D eigenvalue weighted by molar-refractivity contribution is 6.05. The summed E-state index contributed by atoms with van der Waals surface area (Å²) in [7, 11) is 2.92. The van der Waals surface area contributed by atoms with Crippen molar-refractivity contribution in [3.63, 3.8) is 0 Å². The molecule has 0 amide bonds. The third-order valence-electron chi connectivity index (χ3n) is 3.56. The van der Waals surface area contributed by atoms with Gasteiger partial charge in [-0.05, 0) is 42.3 Å². The van der Waals surface area contributed by atoms with Gasteiger partial charge in [0.25, 0.3) is 0 Å². The number of carbonyl (C=O) groups excluding carboxylic acids is 1. The minimum atomic E-state index is -0.309. The molecule has 0 aliphatic carbocycles. The van der Waals surface area contributed by atoms with E-state index in [9.17, 15) is 9.90 Å². The van der Waals surface area contributed by atoms with Crippen molar-refractivity contribution in [2.24, 2.45) is 0 Å². The van der Waals surface area contributed by atoms with Gasteiger partial charge < -0.3 is 19.3 Å². The first kappa shape index (κ1) is 18.1. The number of ether oxygens (including phenoxy) is 3. The van der Waals surface area contributed by atoms with E-state index in [1.807, 2.05) is 12.1 Å². The van der Waals surface area contributed by atoms with Gasteiger partial charge in [-0.25, -0.2) is 0 Å². The molecule has 0 aliphatic heterocycles. The molecule has 0 radical (unpaired) electrons. The molecule has 5 nitrogen and oxygen atoms in total. The lowest BCUT2D eigenvalue weighted by atomic mass is 10.1. The molecule has 0 heterocycles. The van der Waals surface area contributed by atoms with Crippen LogP contribution in [0, 0.1) is 0 Å². The summed E-state index contributed by atoms with van der Waals surface area (Å²) in [4.78, 5) is 11.9. The maximum atomic E-state index is 11.9. The molecule has 130 valence electrons. The second-order valence-corrected chi connectivity index (χ2v) is 5.17. The van der Waals surface area contributed by atoms with Crippen LogP contribution >= 0.6 is 0 Å². The van der Waals surface area contributed by atoms with Crippen LogP contribution in [0.25, 0.3) is 0 Å². The summed E-state index contributed by atoms with van der Waals surface area (Å²) in [6.07, 6.45) is 3.66. The Kier molecular flexibility index (Phi) is 5.84. The largest absolute Gasteiger partial charge is 0.502 e. The van der Waals surface area contributed by atoms with E-state index < -0.39 is 0 Å². The maximum Gasteiger partial charge on any atom is 0.201 e. The predicted molar refractivity (Wildman–Crippen MR) is 96.2 cm³/mol. The maximum absolute atomic E-state index is 11.9. The van der Waals surface area contributed by atoms with Crippen molar-refractivity contribution in [2.45, 2.75) is 6.42 Å². The monoisotopic (exact) mass is 340 g/mol. The second-order valence-electron chi connectivity index (χ2n) is 5.17. The van der Waals surface area contributed by atoms with E-state index in [-0.39, 0.29) is 23.0 Å². The van der Waals surface area contributed by atoms with Gasteiger partial charge >= 0.3 is 0 Å². The van der Waals surface area contributed by atoms with Crippen LogP contribution in [0.5, 0.6) is 28.7 Å². The standard InChI is InChI=1S/C20H20O5/c1-5-7-13-8-9-16(17(10-13)23-3)25-19-12-14(15(21)6-2)11-18(24-4)20(19)22/h5-6,8-12,22H,1-2,7H2,3-4H3. The van der Waals surface area contributed by atoms with Gasteiger partial charge in [-0.3, -0.25) is 4.79 Å². The number of aromatic hydroxyl groups is 1. The molecule has 1 N–H and O–H groups in total. The van der Waals surface area contributed by atoms with Crippen molar-refractivity contribution < 1.29 is 24.1 Å². The SMILES string of the molecule is C=CCc1ccc(Oc2cc(C(=O)C=C)cc(OC)c2O)c(OC)c1. The minimum Gasteiger partial charge on any atom is -0.502 e. The third-order valence-corrected chi connectivity index (χ3v) is 3.56. The normalized spacial score (nSPS) is 10.0. The highest BCUT2D eigenvalue weighted by atomic mass is 16.5. The van der Waals surface area contributed by atoms with Crippen molar-refractivity contribution in [3.8, 4) is 28.7 Å². The fraction of sp³-hybridized carbons (Fsp3) is 0.150. The number of benzene rings is 2. The zero-order valence-corrected chi connectivity index (χ0v) is 14.2. The molecule has 0 bridgehead atoms. The van der Waals surface area contributed by atoms with Crippen LogP contribution in [0.1, 0.15) is 15.9 Å². The summed E-state index contributed by atoms with van der Waals surface area (Å²) in [6.45, 7) is 7.17. The zero-order valence-electron chi connectivity index (χ0n) is 14.2. The van der Waals surface area contributed by atoms with Crippen molar-refractivity contribution in [1.29, 1.82) is 0 Å². The molecule has 2 aromatic carbocycles. The number of phenols is 1. The Bertz CT molecular complexity index is 808. The summed E-state index contributed by atoms with van der Waals surface area (Å²) in [5, 5.41) is 10.3. The van der Waals surface area contributed by atoms with E-state index in [1.165, 1.54) is 32.4 Å². The molecule has 0 aliphatic rings. The van der Waals surface area contributed by atoms with E-state index in [2.05, 4.69) is 13.2 Å². The van der Waals surface area contributed by atoms with E-state index in [0.717, 1.165) is 5.56 Å². The average Bonchev–Trinajstić information content (AvgIpc) is 2.63. The molecular formula is C20H20O5. The number of phenolic OH excluding ortho intramolecular Hbond substituents is 1. The smallest absolute Gasteiger partial charge is 0.201 e. The fourth-order valence-corrected chi connectivity index (χ4v) is 2.28. The molecule has 5 heteroatoms. The molecule has 0 fully saturated rings. The first-order chi connectivity index (χ1) is 12.0. The van der Waals surface area contributed by atoms with Gasteiger partial charge in [0.2, 0.25) is 5.75 Å². The molecule has 0 atom stereocenters. The number of hydrogen-bond donors (Lipinski definition) is 1. The van der Waals surface area contributed by atoms with Crippen LogP contribution < -0.4 is 14.2 Å². The van der Waals surface area contributed by atoms with Gasteiger partial charge in [0.1, 0.15) is 0 Å². The molecule has 0 aromatic heterocycles. The van der Waals surface area contributed by atoms with Gasteiger partial charge in [-0.2, -0.15) is 0 Å². The van der Waals surface area contributed by atoms with Crippen LogP contribution in [0.4, 0.5) is 0 Å². The molecule has 0 saturated heterocycles. The van der Waals surface area contributed by atoms with Gasteiger partial charge in [0.15, 0.2) is 28.8 Å². The highest BCUT2D eigenvalue weighted by Crippen LogP contribution is 2.42. The summed E-state index contributed by atoms with van der Waals surface area (Å²) in [5.74, 6) is 0.593. The fourth-order valence-electron chi connectivity index (χ4n) is 2.28. The van der Waals surface area contributed by atoms with Crippen molar-refractivity contribution >= 4 is 5.78 Å². The van der Waals surface area contributed by atoms with Crippen molar-refractivity contribution in [1.82, 2.24) is 0 Å². The molecule has 0 saturated carbocycles. The van der Waals surface area contributed by atoms with Gasteiger partial charge in [-0.15, -0.1) is 6.58 Å². The Balaban J connectivity index is 2.47. The predicted octanol–water partition coefficient (Wildman–Crippen LogP) is 4.30. The molecule has 2 rings (SSSR count). The highest BCUT2D eigenvalue weighted by Gasteiger charge is 2.17. The van der Waals surface area contributed by atoms with E-state index in [0.29, 0.717) is 23.5 Å². The number of rotatable bonds is 8. The van der Waals surface area contributed by atoms with Crippen LogP contribution in [-0.4, -0.2) is 25.1 Å². The van der Waals surface area contributed by atoms with E-state index >= 15 is 0 Å². The van der Waals surface area contributed by atoms with E-state index in [4.69, 9.17) is 14.2 Å². The Labute approximate surface area is 146 Å². The Morgan fingerprint density at radius 2 is 1.72 bits per heavy atom. The molecule has 2 aromatic rings. The average molecular weight is 340 g/mol. The summed E-state index contributed by atoms with van der Waals surface area (Å²) in [6, 6.07) is 8.28. The van der Waals surface area contributed by atoms with Gasteiger partial charge in [0, 0.05) is 5.56 Å². The zero-order chi connectivity index (χ0) is 18.4. The topological polar surface area (TPSA) is 65.0 Å². The lowest BCUT2D eigenvalue weighted by Gasteiger charge is -2.15.